The molecule has 1 unspecified atom stereocenters. The first-order valence-corrected chi connectivity index (χ1v) is 4.76. The molecule has 1 aliphatic rings. The van der Waals surface area contributed by atoms with Crippen LogP contribution < -0.4 is 11.1 Å². The van der Waals surface area contributed by atoms with Gasteiger partial charge < -0.3 is 11.1 Å². The van der Waals surface area contributed by atoms with Crippen LogP contribution >= 0.6 is 0 Å². The van der Waals surface area contributed by atoms with Gasteiger partial charge in [-0.05, 0) is 18.4 Å². The first-order chi connectivity index (χ1) is 5.93. The van der Waals surface area contributed by atoms with Gasteiger partial charge in [0, 0.05) is 0 Å². The Labute approximate surface area is 74.9 Å². The molecule has 1 heterocycles. The number of carbonyl (C=O) groups is 1. The SMILES string of the molecule is NC(=O)C1NC=CC=C1S(=O)(=O)O. The third-order valence-electron chi connectivity index (χ3n) is 1.49. The topological polar surface area (TPSA) is 109 Å². The summed E-state index contributed by atoms with van der Waals surface area (Å²) in [6.45, 7) is 0. The lowest BCUT2D eigenvalue weighted by Crippen LogP contribution is -2.43. The minimum Gasteiger partial charge on any atom is -0.375 e. The molecule has 0 fully saturated rings. The van der Waals surface area contributed by atoms with Crippen LogP contribution in [0.15, 0.2) is 23.3 Å². The van der Waals surface area contributed by atoms with Crippen LogP contribution in [-0.4, -0.2) is 24.9 Å². The molecule has 0 aromatic carbocycles. The van der Waals surface area contributed by atoms with Gasteiger partial charge in [0.15, 0.2) is 0 Å². The van der Waals surface area contributed by atoms with Crippen molar-refractivity contribution in [3.63, 3.8) is 0 Å². The van der Waals surface area contributed by atoms with Crippen molar-refractivity contribution in [3.8, 4) is 0 Å². The molecule has 7 heteroatoms. The Morgan fingerprint density at radius 3 is 2.62 bits per heavy atom. The largest absolute Gasteiger partial charge is 0.375 e. The van der Waals surface area contributed by atoms with Crippen molar-refractivity contribution in [1.29, 1.82) is 0 Å². The van der Waals surface area contributed by atoms with E-state index in [9.17, 15) is 13.2 Å². The highest BCUT2D eigenvalue weighted by molar-refractivity contribution is 7.89. The monoisotopic (exact) mass is 204 g/mol. The Kier molecular flexibility index (Phi) is 2.39. The first kappa shape index (κ1) is 9.75. The summed E-state index contributed by atoms with van der Waals surface area (Å²) in [4.78, 5) is 10.3. The molecule has 0 saturated carbocycles. The van der Waals surface area contributed by atoms with E-state index in [1.54, 1.807) is 0 Å². The van der Waals surface area contributed by atoms with Crippen molar-refractivity contribution >= 4 is 16.0 Å². The number of allylic oxidation sites excluding steroid dienone is 2. The zero-order valence-electron chi connectivity index (χ0n) is 6.47. The van der Waals surface area contributed by atoms with Crippen LogP contribution in [0.3, 0.4) is 0 Å². The van der Waals surface area contributed by atoms with Crippen molar-refractivity contribution in [1.82, 2.24) is 5.32 Å². The molecule has 6 nitrogen and oxygen atoms in total. The van der Waals surface area contributed by atoms with Crippen LogP contribution in [0.1, 0.15) is 0 Å². The second-order valence-corrected chi connectivity index (χ2v) is 3.83. The predicted molar refractivity (Wildman–Crippen MR) is 44.9 cm³/mol. The van der Waals surface area contributed by atoms with Gasteiger partial charge in [0.2, 0.25) is 5.91 Å². The molecule has 1 amide bonds. The fourth-order valence-electron chi connectivity index (χ4n) is 0.930. The Morgan fingerprint density at radius 1 is 1.62 bits per heavy atom. The molecule has 0 bridgehead atoms. The van der Waals surface area contributed by atoms with Gasteiger partial charge in [0.25, 0.3) is 10.1 Å². The van der Waals surface area contributed by atoms with Gasteiger partial charge in [-0.25, -0.2) is 0 Å². The van der Waals surface area contributed by atoms with Crippen molar-refractivity contribution in [3.05, 3.63) is 23.3 Å². The third-order valence-corrected chi connectivity index (χ3v) is 2.45. The molecule has 1 aliphatic heterocycles. The Morgan fingerprint density at radius 2 is 2.23 bits per heavy atom. The summed E-state index contributed by atoms with van der Waals surface area (Å²) in [5.41, 5.74) is 4.90. The number of dihydropyridines is 1. The van der Waals surface area contributed by atoms with E-state index in [4.69, 9.17) is 10.3 Å². The number of nitrogens with two attached hydrogens (primary N) is 1. The van der Waals surface area contributed by atoms with Gasteiger partial charge in [-0.3, -0.25) is 9.35 Å². The molecule has 0 aromatic heterocycles. The minimum absolute atomic E-state index is 0.442. The molecule has 13 heavy (non-hydrogen) atoms. The zero-order chi connectivity index (χ0) is 10.1. The quantitative estimate of drug-likeness (QED) is 0.486. The number of nitrogens with one attached hydrogen (secondary N) is 1. The minimum atomic E-state index is -4.37. The highest BCUT2D eigenvalue weighted by Crippen LogP contribution is 2.13. The summed E-state index contributed by atoms with van der Waals surface area (Å²) >= 11 is 0. The molecule has 1 atom stereocenters. The third kappa shape index (κ3) is 2.07. The second kappa shape index (κ2) is 3.19. The summed E-state index contributed by atoms with van der Waals surface area (Å²) in [7, 11) is -4.37. The van der Waals surface area contributed by atoms with Gasteiger partial charge in [0.1, 0.15) is 10.9 Å². The number of amides is 1. The predicted octanol–water partition coefficient (Wildman–Crippen LogP) is -1.27. The lowest BCUT2D eigenvalue weighted by Gasteiger charge is -2.17. The van der Waals surface area contributed by atoms with Crippen LogP contribution in [0.25, 0.3) is 0 Å². The summed E-state index contributed by atoms with van der Waals surface area (Å²) in [6.07, 6.45) is 3.83. The number of hydrogen-bond acceptors (Lipinski definition) is 4. The normalized spacial score (nSPS) is 21.9. The highest BCUT2D eigenvalue weighted by Gasteiger charge is 2.29. The summed E-state index contributed by atoms with van der Waals surface area (Å²) < 4.78 is 30.1. The van der Waals surface area contributed by atoms with Crippen LogP contribution in [0.4, 0.5) is 0 Å². The number of carbonyl (C=O) groups excluding carboxylic acids is 1. The van der Waals surface area contributed by atoms with Crippen LogP contribution in [0.2, 0.25) is 0 Å². The van der Waals surface area contributed by atoms with E-state index in [0.717, 1.165) is 6.08 Å². The van der Waals surface area contributed by atoms with E-state index in [2.05, 4.69) is 5.32 Å². The molecule has 72 valence electrons. The standard InChI is InChI=1S/C6H8N2O4S/c7-6(9)5-4(13(10,11)12)2-1-3-8-5/h1-3,5,8H,(H2,7,9)(H,10,11,12). The van der Waals surface area contributed by atoms with E-state index in [1.807, 2.05) is 0 Å². The molecule has 0 aromatic rings. The Balaban J connectivity index is 3.11. The van der Waals surface area contributed by atoms with E-state index < -0.39 is 27.0 Å². The molecule has 1 rings (SSSR count). The number of hydrogen-bond donors (Lipinski definition) is 3. The van der Waals surface area contributed by atoms with E-state index in [1.165, 1.54) is 12.3 Å². The van der Waals surface area contributed by atoms with Crippen molar-refractivity contribution in [2.75, 3.05) is 0 Å². The van der Waals surface area contributed by atoms with Gasteiger partial charge in [-0.1, -0.05) is 0 Å². The highest BCUT2D eigenvalue weighted by atomic mass is 32.2. The Hall–Kier alpha value is -1.34. The molecule has 0 saturated heterocycles. The van der Waals surface area contributed by atoms with Crippen LogP contribution in [0.5, 0.6) is 0 Å². The van der Waals surface area contributed by atoms with Crippen molar-refractivity contribution in [2.45, 2.75) is 6.04 Å². The maximum Gasteiger partial charge on any atom is 0.293 e. The van der Waals surface area contributed by atoms with Crippen molar-refractivity contribution < 1.29 is 17.8 Å². The fraction of sp³-hybridized carbons (Fsp3) is 0.167. The molecule has 0 spiro atoms. The second-order valence-electron chi connectivity index (χ2n) is 2.41. The number of primary amides is 1. The average molecular weight is 204 g/mol. The summed E-state index contributed by atoms with van der Waals surface area (Å²) in [6, 6.07) is -1.19. The first-order valence-electron chi connectivity index (χ1n) is 3.32. The number of rotatable bonds is 2. The molecule has 0 radical (unpaired) electrons. The van der Waals surface area contributed by atoms with Crippen LogP contribution in [-0.2, 0) is 14.9 Å². The van der Waals surface area contributed by atoms with E-state index in [0.29, 0.717) is 0 Å². The lowest BCUT2D eigenvalue weighted by molar-refractivity contribution is -0.118. The van der Waals surface area contributed by atoms with E-state index in [-0.39, 0.29) is 0 Å². The Bertz CT molecular complexity index is 381. The van der Waals surface area contributed by atoms with Gasteiger partial charge in [-0.15, -0.1) is 0 Å². The van der Waals surface area contributed by atoms with Gasteiger partial charge in [0.05, 0.1) is 0 Å². The fourth-order valence-corrected chi connectivity index (χ4v) is 1.66. The average Bonchev–Trinajstić information content (AvgIpc) is 2.03. The van der Waals surface area contributed by atoms with Crippen molar-refractivity contribution in [2.24, 2.45) is 5.73 Å². The zero-order valence-corrected chi connectivity index (χ0v) is 7.28. The van der Waals surface area contributed by atoms with Gasteiger partial charge in [-0.2, -0.15) is 8.42 Å². The molecular weight excluding hydrogens is 196 g/mol. The van der Waals surface area contributed by atoms with E-state index >= 15 is 0 Å². The lowest BCUT2D eigenvalue weighted by atomic mass is 10.2. The molecular formula is C6H8N2O4S. The molecule has 4 N–H and O–H groups in total. The summed E-state index contributed by atoms with van der Waals surface area (Å²) in [5.74, 6) is -0.867. The molecule has 0 aliphatic carbocycles. The maximum absolute atomic E-state index is 10.7. The summed E-state index contributed by atoms with van der Waals surface area (Å²) in [5, 5.41) is 2.41. The van der Waals surface area contributed by atoms with Gasteiger partial charge >= 0.3 is 0 Å². The maximum atomic E-state index is 10.7. The van der Waals surface area contributed by atoms with Crippen LogP contribution in [0, 0.1) is 0 Å². The smallest absolute Gasteiger partial charge is 0.293 e.